The Kier molecular flexibility index (Phi) is 8.71. The van der Waals surface area contributed by atoms with Crippen molar-refractivity contribution in [3.05, 3.63) is 21.7 Å². The zero-order chi connectivity index (χ0) is 25.2. The third-order valence-corrected chi connectivity index (χ3v) is 8.20. The van der Waals surface area contributed by atoms with Gasteiger partial charge < -0.3 is 19.7 Å². The fourth-order valence-corrected chi connectivity index (χ4v) is 5.35. The normalized spacial score (nSPS) is 36.0. The largest absolute Gasteiger partial charge is 0.458 e. The first-order valence-electron chi connectivity index (χ1n) is 12.3. The van der Waals surface area contributed by atoms with Crippen LogP contribution in [0.2, 0.25) is 0 Å². The van der Waals surface area contributed by atoms with Crippen LogP contribution in [0.1, 0.15) is 77.4 Å². The van der Waals surface area contributed by atoms with E-state index in [-0.39, 0.29) is 30.3 Å². The van der Waals surface area contributed by atoms with Crippen LogP contribution in [0.4, 0.5) is 0 Å². The highest BCUT2D eigenvalue weighted by Gasteiger charge is 2.44. The van der Waals surface area contributed by atoms with E-state index >= 15 is 0 Å². The number of epoxide rings is 1. The van der Waals surface area contributed by atoms with Crippen molar-refractivity contribution in [3.8, 4) is 0 Å². The molecular formula is C26H39NO6S. The number of esters is 1. The van der Waals surface area contributed by atoms with E-state index in [1.165, 1.54) is 0 Å². The van der Waals surface area contributed by atoms with Gasteiger partial charge >= 0.3 is 5.97 Å². The number of hydrogen-bond acceptors (Lipinski definition) is 8. The number of aryl methyl sites for hydroxylation is 1. The summed E-state index contributed by atoms with van der Waals surface area (Å²) in [5, 5.41) is 24.5. The predicted molar refractivity (Wildman–Crippen MR) is 131 cm³/mol. The van der Waals surface area contributed by atoms with Gasteiger partial charge in [0, 0.05) is 17.7 Å². The molecule has 8 heteroatoms. The highest BCUT2D eigenvalue weighted by atomic mass is 32.1. The van der Waals surface area contributed by atoms with E-state index in [4.69, 9.17) is 9.47 Å². The molecule has 1 aromatic heterocycles. The van der Waals surface area contributed by atoms with Crippen LogP contribution < -0.4 is 0 Å². The minimum atomic E-state index is -1.22. The quantitative estimate of drug-likeness (QED) is 0.472. The minimum Gasteiger partial charge on any atom is -0.458 e. The predicted octanol–water partition coefficient (Wildman–Crippen LogP) is 4.09. The number of cyclic esters (lactones) is 1. The van der Waals surface area contributed by atoms with E-state index < -0.39 is 35.6 Å². The van der Waals surface area contributed by atoms with Gasteiger partial charge in [-0.1, -0.05) is 34.1 Å². The number of nitrogens with zero attached hydrogens (tertiary/aromatic N) is 1. The lowest BCUT2D eigenvalue weighted by Gasteiger charge is -2.34. The molecule has 2 unspecified atom stereocenters. The van der Waals surface area contributed by atoms with Crippen LogP contribution >= 0.6 is 11.3 Å². The summed E-state index contributed by atoms with van der Waals surface area (Å²) >= 11 is 1.56. The summed E-state index contributed by atoms with van der Waals surface area (Å²) in [6.45, 7) is 10.8. The molecule has 3 heterocycles. The first-order chi connectivity index (χ1) is 15.9. The average Bonchev–Trinajstić information content (AvgIpc) is 3.38. The van der Waals surface area contributed by atoms with Crippen LogP contribution in [-0.2, 0) is 19.1 Å². The maximum atomic E-state index is 13.2. The zero-order valence-corrected chi connectivity index (χ0v) is 21.9. The number of ketones is 1. The summed E-state index contributed by atoms with van der Waals surface area (Å²) in [5.41, 5.74) is 0.494. The molecular weight excluding hydrogens is 454 g/mol. The number of fused-ring (bicyclic) bond motifs is 1. The Labute approximate surface area is 206 Å². The lowest BCUT2D eigenvalue weighted by Crippen LogP contribution is -2.45. The van der Waals surface area contributed by atoms with Gasteiger partial charge in [-0.3, -0.25) is 9.59 Å². The molecule has 2 fully saturated rings. The molecule has 0 saturated carbocycles. The van der Waals surface area contributed by atoms with Gasteiger partial charge in [0.25, 0.3) is 0 Å². The average molecular weight is 494 g/mol. The van der Waals surface area contributed by atoms with Gasteiger partial charge in [-0.2, -0.15) is 0 Å². The number of thiazole rings is 1. The SMILES string of the molecule is C/C(=C\c1csc(C)n1)[C@@H]1CC2O[C@@H]2CCC[C@H](C)[C@H](O)[C@@H](C)C(=O)C(C)(C)C(O)CC(=O)O1. The Morgan fingerprint density at radius 1 is 1.21 bits per heavy atom. The van der Waals surface area contributed by atoms with E-state index in [1.807, 2.05) is 32.2 Å². The Morgan fingerprint density at radius 3 is 2.56 bits per heavy atom. The summed E-state index contributed by atoms with van der Waals surface area (Å²) in [6.07, 6.45) is 2.28. The number of carbonyl (C=O) groups excluding carboxylic acids is 2. The summed E-state index contributed by atoms with van der Waals surface area (Å²) in [4.78, 5) is 30.5. The maximum Gasteiger partial charge on any atom is 0.309 e. The van der Waals surface area contributed by atoms with Gasteiger partial charge in [0.05, 0.1) is 47.0 Å². The maximum absolute atomic E-state index is 13.2. The molecule has 7 atom stereocenters. The van der Waals surface area contributed by atoms with Crippen molar-refractivity contribution >= 4 is 29.2 Å². The van der Waals surface area contributed by atoms with Crippen LogP contribution in [0, 0.1) is 24.2 Å². The number of aliphatic hydroxyl groups is 2. The second kappa shape index (κ2) is 11.0. The standard InChI is InChI=1S/C26H39NO6S/c1-14-8-7-9-19-21(32-19)11-20(15(2)10-18-13-34-17(4)27-18)33-23(29)12-22(28)26(5,6)25(31)16(3)24(14)30/h10,13-14,16,19-22,24,28,30H,7-9,11-12H2,1-6H3/b15-10+/t14-,16+,19+,20-,21?,22?,24-/m0/s1. The van der Waals surface area contributed by atoms with E-state index in [9.17, 15) is 19.8 Å². The number of ether oxygens (including phenoxy) is 2. The molecule has 190 valence electrons. The van der Waals surface area contributed by atoms with Crippen molar-refractivity contribution in [2.75, 3.05) is 0 Å². The number of Topliss-reactive ketones (excluding diaryl/α,β-unsaturated/α-hetero) is 1. The van der Waals surface area contributed by atoms with Gasteiger partial charge in [0.15, 0.2) is 0 Å². The summed E-state index contributed by atoms with van der Waals surface area (Å²) in [6, 6.07) is 0. The summed E-state index contributed by atoms with van der Waals surface area (Å²) in [5.74, 6) is -1.52. The summed E-state index contributed by atoms with van der Waals surface area (Å²) in [7, 11) is 0. The lowest BCUT2D eigenvalue weighted by atomic mass is 9.73. The van der Waals surface area contributed by atoms with Crippen LogP contribution in [0.15, 0.2) is 11.0 Å². The minimum absolute atomic E-state index is 0.00770. The second-order valence-corrected chi connectivity index (χ2v) is 11.7. The topological polar surface area (TPSA) is 109 Å². The van der Waals surface area contributed by atoms with E-state index in [0.717, 1.165) is 35.5 Å². The number of rotatable bonds is 2. The van der Waals surface area contributed by atoms with Crippen molar-refractivity contribution < 1.29 is 29.3 Å². The molecule has 2 N–H and O–H groups in total. The number of carbonyl (C=O) groups is 2. The van der Waals surface area contributed by atoms with Crippen molar-refractivity contribution in [2.45, 2.75) is 104 Å². The fourth-order valence-electron chi connectivity index (χ4n) is 4.78. The highest BCUT2D eigenvalue weighted by molar-refractivity contribution is 7.09. The molecule has 2 saturated heterocycles. The lowest BCUT2D eigenvalue weighted by molar-refractivity contribution is -0.154. The Balaban J connectivity index is 1.81. The van der Waals surface area contributed by atoms with Crippen LogP contribution in [0.25, 0.3) is 6.08 Å². The molecule has 2 aliphatic rings. The van der Waals surface area contributed by atoms with Crippen molar-refractivity contribution in [1.82, 2.24) is 4.98 Å². The third kappa shape index (κ3) is 6.53. The molecule has 0 aromatic carbocycles. The van der Waals surface area contributed by atoms with Crippen LogP contribution in [0.5, 0.6) is 0 Å². The van der Waals surface area contributed by atoms with Gasteiger partial charge in [-0.15, -0.1) is 11.3 Å². The van der Waals surface area contributed by atoms with E-state index in [0.29, 0.717) is 6.42 Å². The van der Waals surface area contributed by atoms with E-state index in [1.54, 1.807) is 32.1 Å². The van der Waals surface area contributed by atoms with Crippen molar-refractivity contribution in [1.29, 1.82) is 0 Å². The number of aromatic nitrogens is 1. The van der Waals surface area contributed by atoms with Gasteiger partial charge in [0.2, 0.25) is 0 Å². The molecule has 7 nitrogen and oxygen atoms in total. The molecule has 0 aliphatic carbocycles. The zero-order valence-electron chi connectivity index (χ0n) is 21.1. The molecule has 0 spiro atoms. The molecule has 34 heavy (non-hydrogen) atoms. The smallest absolute Gasteiger partial charge is 0.309 e. The van der Waals surface area contributed by atoms with Gasteiger partial charge in [-0.05, 0) is 44.3 Å². The Morgan fingerprint density at radius 2 is 1.91 bits per heavy atom. The number of aliphatic hydroxyl groups excluding tert-OH is 2. The molecule has 0 radical (unpaired) electrons. The van der Waals surface area contributed by atoms with Gasteiger partial charge in [-0.25, -0.2) is 4.98 Å². The van der Waals surface area contributed by atoms with Crippen molar-refractivity contribution in [2.24, 2.45) is 17.3 Å². The monoisotopic (exact) mass is 493 g/mol. The first-order valence-corrected chi connectivity index (χ1v) is 13.1. The first kappa shape index (κ1) is 27.0. The number of hydrogen-bond donors (Lipinski definition) is 2. The van der Waals surface area contributed by atoms with Crippen LogP contribution in [0.3, 0.4) is 0 Å². The summed E-state index contributed by atoms with van der Waals surface area (Å²) < 4.78 is 11.7. The Bertz CT molecular complexity index is 909. The molecule has 0 bridgehead atoms. The fraction of sp³-hybridized carbons (Fsp3) is 0.731. The molecule has 3 rings (SSSR count). The van der Waals surface area contributed by atoms with Crippen molar-refractivity contribution in [3.63, 3.8) is 0 Å². The Hall–Kier alpha value is -1.61. The third-order valence-electron chi connectivity index (χ3n) is 7.41. The molecule has 1 aromatic rings. The van der Waals surface area contributed by atoms with Crippen LogP contribution in [-0.4, -0.2) is 57.5 Å². The highest BCUT2D eigenvalue weighted by Crippen LogP contribution is 2.36. The van der Waals surface area contributed by atoms with E-state index in [2.05, 4.69) is 4.98 Å². The second-order valence-electron chi connectivity index (χ2n) is 10.6. The van der Waals surface area contributed by atoms with Gasteiger partial charge in [0.1, 0.15) is 11.9 Å². The molecule has 0 amide bonds. The molecule has 2 aliphatic heterocycles.